The number of allylic oxidation sites excluding steroid dienone is 1. The van der Waals surface area contributed by atoms with Gasteiger partial charge in [-0.05, 0) is 55.0 Å². The number of halogens is 2. The molecule has 0 bridgehead atoms. The van der Waals surface area contributed by atoms with E-state index in [0.29, 0.717) is 33.4 Å². The van der Waals surface area contributed by atoms with Crippen molar-refractivity contribution in [2.75, 3.05) is 0 Å². The fraction of sp³-hybridized carbons (Fsp3) is 0.444. The first kappa shape index (κ1) is 16.5. The second kappa shape index (κ2) is 6.29. The maximum atomic E-state index is 6.58. The normalized spacial score (nSPS) is 25.3. The average molecular weight is 352 g/mol. The van der Waals surface area contributed by atoms with E-state index in [4.69, 9.17) is 34.7 Å². The van der Waals surface area contributed by atoms with E-state index in [1.54, 1.807) is 6.07 Å². The summed E-state index contributed by atoms with van der Waals surface area (Å²) in [5.74, 6) is 1.57. The van der Waals surface area contributed by atoms with Gasteiger partial charge in [0, 0.05) is 10.0 Å². The standard InChI is InChI=1S/C18H23Cl2N3/c1-2-3-13(11-4-5-11)18(8-9-23-17(22)16(18)21)14-7-6-12(19)10-15(14)20/h6-11,13,23H,2-5,21-22H2,1H3. The van der Waals surface area contributed by atoms with Gasteiger partial charge in [0.25, 0.3) is 0 Å². The van der Waals surface area contributed by atoms with Gasteiger partial charge >= 0.3 is 0 Å². The van der Waals surface area contributed by atoms with Gasteiger partial charge in [-0.25, -0.2) is 0 Å². The van der Waals surface area contributed by atoms with Crippen LogP contribution in [0.3, 0.4) is 0 Å². The Hall–Kier alpha value is -1.32. The van der Waals surface area contributed by atoms with Gasteiger partial charge in [0.05, 0.1) is 11.1 Å². The highest BCUT2D eigenvalue weighted by Crippen LogP contribution is 2.54. The fourth-order valence-corrected chi connectivity index (χ4v) is 4.45. The predicted octanol–water partition coefficient (Wildman–Crippen LogP) is 4.26. The lowest BCUT2D eigenvalue weighted by molar-refractivity contribution is 0.300. The molecule has 1 aliphatic heterocycles. The highest BCUT2D eigenvalue weighted by Gasteiger charge is 2.49. The molecule has 2 unspecified atom stereocenters. The van der Waals surface area contributed by atoms with E-state index in [0.717, 1.165) is 18.4 Å². The van der Waals surface area contributed by atoms with Crippen molar-refractivity contribution in [2.24, 2.45) is 23.3 Å². The van der Waals surface area contributed by atoms with Crippen LogP contribution in [0.2, 0.25) is 10.0 Å². The van der Waals surface area contributed by atoms with E-state index in [2.05, 4.69) is 18.3 Å². The molecular weight excluding hydrogens is 329 g/mol. The van der Waals surface area contributed by atoms with E-state index < -0.39 is 5.41 Å². The molecular formula is C18H23Cl2N3. The number of hydrogen-bond acceptors (Lipinski definition) is 3. The fourth-order valence-electron chi connectivity index (χ4n) is 3.88. The van der Waals surface area contributed by atoms with Crippen LogP contribution < -0.4 is 16.8 Å². The van der Waals surface area contributed by atoms with Crippen LogP contribution in [-0.2, 0) is 5.41 Å². The molecule has 0 amide bonds. The topological polar surface area (TPSA) is 64.1 Å². The highest BCUT2D eigenvalue weighted by atomic mass is 35.5. The second-order valence-corrected chi connectivity index (χ2v) is 7.37. The molecule has 1 aromatic carbocycles. The Morgan fingerprint density at radius 3 is 2.65 bits per heavy atom. The van der Waals surface area contributed by atoms with Crippen LogP contribution in [0.1, 0.15) is 38.2 Å². The summed E-state index contributed by atoms with van der Waals surface area (Å²) in [5, 5.41) is 4.29. The summed E-state index contributed by atoms with van der Waals surface area (Å²) in [6.07, 6.45) is 8.69. The maximum absolute atomic E-state index is 6.58. The quantitative estimate of drug-likeness (QED) is 0.742. The van der Waals surface area contributed by atoms with Crippen LogP contribution in [-0.4, -0.2) is 0 Å². The molecule has 1 aromatic rings. The Balaban J connectivity index is 2.21. The summed E-state index contributed by atoms with van der Waals surface area (Å²) < 4.78 is 0. The molecule has 124 valence electrons. The molecule has 1 aliphatic carbocycles. The smallest absolute Gasteiger partial charge is 0.121 e. The number of benzene rings is 1. The molecule has 2 atom stereocenters. The van der Waals surface area contributed by atoms with Crippen LogP contribution in [0.5, 0.6) is 0 Å². The van der Waals surface area contributed by atoms with Crippen molar-refractivity contribution in [1.82, 2.24) is 5.32 Å². The van der Waals surface area contributed by atoms with Crippen molar-refractivity contribution in [2.45, 2.75) is 38.0 Å². The van der Waals surface area contributed by atoms with Gasteiger partial charge in [-0.15, -0.1) is 0 Å². The summed E-state index contributed by atoms with van der Waals surface area (Å²) in [7, 11) is 0. The third-order valence-electron chi connectivity index (χ3n) is 5.07. The van der Waals surface area contributed by atoms with E-state index in [-0.39, 0.29) is 0 Å². The first-order valence-electron chi connectivity index (χ1n) is 8.16. The van der Waals surface area contributed by atoms with Crippen molar-refractivity contribution in [3.05, 3.63) is 57.6 Å². The molecule has 0 aromatic heterocycles. The lowest BCUT2D eigenvalue weighted by Crippen LogP contribution is -2.45. The summed E-state index contributed by atoms with van der Waals surface area (Å²) in [5.41, 5.74) is 13.9. The molecule has 0 spiro atoms. The van der Waals surface area contributed by atoms with E-state index >= 15 is 0 Å². The first-order valence-corrected chi connectivity index (χ1v) is 8.91. The zero-order valence-corrected chi connectivity index (χ0v) is 14.8. The Morgan fingerprint density at radius 2 is 2.04 bits per heavy atom. The Kier molecular flexibility index (Phi) is 4.52. The van der Waals surface area contributed by atoms with Gasteiger partial charge in [-0.2, -0.15) is 0 Å². The zero-order valence-electron chi connectivity index (χ0n) is 13.3. The summed E-state index contributed by atoms with van der Waals surface area (Å²) >= 11 is 12.7. The number of nitrogens with two attached hydrogens (primary N) is 2. The Bertz CT molecular complexity index is 664. The molecule has 5 N–H and O–H groups in total. The number of rotatable bonds is 5. The minimum absolute atomic E-state index is 0.392. The minimum Gasteiger partial charge on any atom is -0.398 e. The maximum Gasteiger partial charge on any atom is 0.121 e. The molecule has 1 saturated carbocycles. The monoisotopic (exact) mass is 351 g/mol. The number of nitrogens with one attached hydrogen (secondary N) is 1. The molecule has 0 saturated heterocycles. The number of dihydropyridines is 1. The van der Waals surface area contributed by atoms with Gasteiger partial charge in [0.15, 0.2) is 0 Å². The molecule has 23 heavy (non-hydrogen) atoms. The van der Waals surface area contributed by atoms with Crippen molar-refractivity contribution in [3.63, 3.8) is 0 Å². The molecule has 0 radical (unpaired) electrons. The lowest BCUT2D eigenvalue weighted by Gasteiger charge is -2.43. The average Bonchev–Trinajstić information content (AvgIpc) is 3.33. The molecule has 3 rings (SSSR count). The summed E-state index contributed by atoms with van der Waals surface area (Å²) in [6, 6.07) is 5.65. The van der Waals surface area contributed by atoms with Crippen LogP contribution in [0, 0.1) is 11.8 Å². The number of hydrogen-bond donors (Lipinski definition) is 3. The Morgan fingerprint density at radius 1 is 1.30 bits per heavy atom. The summed E-state index contributed by atoms with van der Waals surface area (Å²) in [4.78, 5) is 0. The van der Waals surface area contributed by atoms with Crippen LogP contribution >= 0.6 is 23.2 Å². The molecule has 5 heteroatoms. The second-order valence-electron chi connectivity index (χ2n) is 6.53. The van der Waals surface area contributed by atoms with E-state index in [1.165, 1.54) is 12.8 Å². The van der Waals surface area contributed by atoms with Gasteiger partial charge in [-0.1, -0.05) is 48.7 Å². The minimum atomic E-state index is -0.464. The van der Waals surface area contributed by atoms with Gasteiger partial charge < -0.3 is 16.8 Å². The molecule has 3 nitrogen and oxygen atoms in total. The van der Waals surface area contributed by atoms with Crippen molar-refractivity contribution < 1.29 is 0 Å². The first-order chi connectivity index (χ1) is 11.0. The van der Waals surface area contributed by atoms with Crippen molar-refractivity contribution in [3.8, 4) is 0 Å². The van der Waals surface area contributed by atoms with Crippen LogP contribution in [0.4, 0.5) is 0 Å². The molecule has 1 fully saturated rings. The predicted molar refractivity (Wildman–Crippen MR) is 96.9 cm³/mol. The third-order valence-corrected chi connectivity index (χ3v) is 5.62. The molecule has 1 heterocycles. The van der Waals surface area contributed by atoms with Crippen molar-refractivity contribution in [1.29, 1.82) is 0 Å². The highest BCUT2D eigenvalue weighted by molar-refractivity contribution is 6.35. The Labute approximate surface area is 147 Å². The summed E-state index contributed by atoms with van der Waals surface area (Å²) in [6.45, 7) is 2.21. The largest absolute Gasteiger partial charge is 0.398 e. The lowest BCUT2D eigenvalue weighted by atomic mass is 9.63. The van der Waals surface area contributed by atoms with Gasteiger partial charge in [-0.3, -0.25) is 0 Å². The van der Waals surface area contributed by atoms with E-state index in [1.807, 2.05) is 18.3 Å². The van der Waals surface area contributed by atoms with Crippen LogP contribution in [0.25, 0.3) is 0 Å². The SMILES string of the molecule is CCCC(C1CC1)C1(c2ccc(Cl)cc2Cl)C=CNC(N)=C1N. The zero-order chi connectivity index (χ0) is 16.6. The van der Waals surface area contributed by atoms with Gasteiger partial charge in [0.1, 0.15) is 5.82 Å². The van der Waals surface area contributed by atoms with Crippen molar-refractivity contribution >= 4 is 23.2 Å². The molecule has 2 aliphatic rings. The van der Waals surface area contributed by atoms with Crippen LogP contribution in [0.15, 0.2) is 42.0 Å². The van der Waals surface area contributed by atoms with Gasteiger partial charge in [0.2, 0.25) is 0 Å². The van der Waals surface area contributed by atoms with E-state index in [9.17, 15) is 0 Å². The third kappa shape index (κ3) is 2.81.